The molecule has 1 saturated carbocycles. The van der Waals surface area contributed by atoms with E-state index >= 15 is 0 Å². The third-order valence-corrected chi connectivity index (χ3v) is 7.06. The smallest absolute Gasteiger partial charge is 0.0309 e. The Hall–Kier alpha value is 0.270. The number of thioether (sulfide) groups is 1. The zero-order valence-corrected chi connectivity index (χ0v) is 14.3. The molecule has 3 atom stereocenters. The van der Waals surface area contributed by atoms with Gasteiger partial charge >= 0.3 is 0 Å². The van der Waals surface area contributed by atoms with Crippen molar-refractivity contribution in [3.8, 4) is 0 Å². The molecule has 3 fully saturated rings. The largest absolute Gasteiger partial charge is 0.308 e. The number of nitrogens with zero attached hydrogens (tertiary/aromatic N) is 1. The van der Waals surface area contributed by atoms with Crippen LogP contribution in [0.25, 0.3) is 0 Å². The van der Waals surface area contributed by atoms with Crippen LogP contribution in [0.15, 0.2) is 0 Å². The van der Waals surface area contributed by atoms with E-state index in [0.717, 1.165) is 23.1 Å². The second kappa shape index (κ2) is 6.18. The highest BCUT2D eigenvalue weighted by Gasteiger charge is 2.46. The molecule has 3 unspecified atom stereocenters. The fraction of sp³-hybridized carbons (Fsp3) is 1.00. The predicted molar refractivity (Wildman–Crippen MR) is 89.4 cm³/mol. The van der Waals surface area contributed by atoms with Crippen molar-refractivity contribution in [1.29, 1.82) is 0 Å². The zero-order valence-electron chi connectivity index (χ0n) is 13.5. The van der Waals surface area contributed by atoms with Crippen molar-refractivity contribution in [2.45, 2.75) is 69.7 Å². The van der Waals surface area contributed by atoms with Crippen LogP contribution < -0.4 is 5.32 Å². The third kappa shape index (κ3) is 3.36. The van der Waals surface area contributed by atoms with Crippen molar-refractivity contribution in [3.05, 3.63) is 0 Å². The summed E-state index contributed by atoms with van der Waals surface area (Å²) in [6.45, 7) is 11.1. The molecule has 2 aliphatic heterocycles. The van der Waals surface area contributed by atoms with Gasteiger partial charge in [0.2, 0.25) is 0 Å². The summed E-state index contributed by atoms with van der Waals surface area (Å²) < 4.78 is 0. The van der Waals surface area contributed by atoms with Crippen molar-refractivity contribution in [2.75, 3.05) is 25.4 Å². The highest BCUT2D eigenvalue weighted by molar-refractivity contribution is 7.99. The first-order valence-corrected chi connectivity index (χ1v) is 9.74. The molecule has 2 heterocycles. The minimum atomic E-state index is 0.394. The first-order valence-electron chi connectivity index (χ1n) is 8.69. The number of hydrogen-bond acceptors (Lipinski definition) is 3. The maximum absolute atomic E-state index is 3.91. The third-order valence-electron chi connectivity index (χ3n) is 5.68. The Labute approximate surface area is 129 Å². The highest BCUT2D eigenvalue weighted by atomic mass is 32.2. The molecule has 0 aromatic heterocycles. The molecule has 3 heteroatoms. The van der Waals surface area contributed by atoms with Crippen LogP contribution in [-0.2, 0) is 0 Å². The highest BCUT2D eigenvalue weighted by Crippen LogP contribution is 2.42. The van der Waals surface area contributed by atoms with Gasteiger partial charge in [0.15, 0.2) is 0 Å². The van der Waals surface area contributed by atoms with Crippen molar-refractivity contribution in [1.82, 2.24) is 10.2 Å². The molecule has 20 heavy (non-hydrogen) atoms. The molecule has 116 valence electrons. The van der Waals surface area contributed by atoms with Gasteiger partial charge in [-0.3, -0.25) is 4.90 Å². The lowest BCUT2D eigenvalue weighted by molar-refractivity contribution is 0.0522. The van der Waals surface area contributed by atoms with E-state index in [0.29, 0.717) is 5.54 Å². The molecule has 0 radical (unpaired) electrons. The molecular formula is C17H32N2S. The first kappa shape index (κ1) is 15.2. The summed E-state index contributed by atoms with van der Waals surface area (Å²) >= 11 is 2.23. The van der Waals surface area contributed by atoms with Gasteiger partial charge in [-0.15, -0.1) is 0 Å². The molecule has 0 amide bonds. The maximum atomic E-state index is 3.91. The molecule has 3 aliphatic rings. The van der Waals surface area contributed by atoms with Crippen LogP contribution >= 0.6 is 11.8 Å². The summed E-state index contributed by atoms with van der Waals surface area (Å²) in [5.41, 5.74) is 0.394. The van der Waals surface area contributed by atoms with E-state index in [1.165, 1.54) is 57.5 Å². The van der Waals surface area contributed by atoms with E-state index < -0.39 is 0 Å². The Morgan fingerprint density at radius 1 is 1.25 bits per heavy atom. The van der Waals surface area contributed by atoms with Crippen molar-refractivity contribution in [2.24, 2.45) is 11.8 Å². The summed E-state index contributed by atoms with van der Waals surface area (Å²) in [7, 11) is 0. The Bertz CT molecular complexity index is 323. The van der Waals surface area contributed by atoms with Gasteiger partial charge in [-0.05, 0) is 50.2 Å². The number of piperazine rings is 1. The maximum Gasteiger partial charge on any atom is 0.0309 e. The molecule has 0 bridgehead atoms. The van der Waals surface area contributed by atoms with Gasteiger partial charge in [0.25, 0.3) is 0 Å². The lowest BCUT2D eigenvalue weighted by Crippen LogP contribution is -2.65. The number of hydrogen-bond donors (Lipinski definition) is 1. The molecule has 1 aliphatic carbocycles. The van der Waals surface area contributed by atoms with Gasteiger partial charge in [-0.1, -0.05) is 20.3 Å². The molecule has 1 N–H and O–H groups in total. The molecule has 2 saturated heterocycles. The van der Waals surface area contributed by atoms with Gasteiger partial charge in [0, 0.05) is 36.5 Å². The second-order valence-electron chi connectivity index (χ2n) is 7.80. The molecule has 0 aromatic rings. The summed E-state index contributed by atoms with van der Waals surface area (Å²) in [6.07, 6.45) is 7.23. The second-order valence-corrected chi connectivity index (χ2v) is 9.21. The van der Waals surface area contributed by atoms with Gasteiger partial charge in [0.1, 0.15) is 0 Å². The quantitative estimate of drug-likeness (QED) is 0.856. The van der Waals surface area contributed by atoms with E-state index in [-0.39, 0.29) is 0 Å². The molecule has 0 spiro atoms. The summed E-state index contributed by atoms with van der Waals surface area (Å²) in [5.74, 6) is 3.10. The van der Waals surface area contributed by atoms with Crippen LogP contribution in [0.4, 0.5) is 0 Å². The standard InChI is InChI=1S/C17H32N2S/c1-13(2)16-10-18-17(3,14-7-8-14)12-19(16)11-15-6-4-5-9-20-15/h13-16,18H,4-12H2,1-3H3. The van der Waals surface area contributed by atoms with Gasteiger partial charge in [-0.2, -0.15) is 11.8 Å². The minimum absolute atomic E-state index is 0.394. The molecule has 0 aromatic carbocycles. The normalized spacial score (nSPS) is 40.2. The Kier molecular flexibility index (Phi) is 4.69. The monoisotopic (exact) mass is 296 g/mol. The fourth-order valence-electron chi connectivity index (χ4n) is 4.13. The van der Waals surface area contributed by atoms with Crippen LogP contribution in [0.3, 0.4) is 0 Å². The van der Waals surface area contributed by atoms with Crippen LogP contribution in [0.1, 0.15) is 52.9 Å². The van der Waals surface area contributed by atoms with E-state index in [1.807, 2.05) is 0 Å². The minimum Gasteiger partial charge on any atom is -0.308 e. The summed E-state index contributed by atoms with van der Waals surface area (Å²) in [5, 5.41) is 4.80. The Morgan fingerprint density at radius 2 is 2.05 bits per heavy atom. The fourth-order valence-corrected chi connectivity index (χ4v) is 5.46. The van der Waals surface area contributed by atoms with Crippen molar-refractivity contribution in [3.63, 3.8) is 0 Å². The van der Waals surface area contributed by atoms with E-state index in [4.69, 9.17) is 0 Å². The van der Waals surface area contributed by atoms with E-state index in [9.17, 15) is 0 Å². The van der Waals surface area contributed by atoms with Gasteiger partial charge < -0.3 is 5.32 Å². The van der Waals surface area contributed by atoms with Crippen molar-refractivity contribution >= 4 is 11.8 Å². The molecular weight excluding hydrogens is 264 g/mol. The Morgan fingerprint density at radius 3 is 2.65 bits per heavy atom. The van der Waals surface area contributed by atoms with Crippen LogP contribution in [0.5, 0.6) is 0 Å². The van der Waals surface area contributed by atoms with Crippen molar-refractivity contribution < 1.29 is 0 Å². The lowest BCUT2D eigenvalue weighted by Gasteiger charge is -2.49. The first-order chi connectivity index (χ1) is 9.58. The van der Waals surface area contributed by atoms with Crippen LogP contribution in [0, 0.1) is 11.8 Å². The Balaban J connectivity index is 1.65. The molecule has 3 rings (SSSR count). The van der Waals surface area contributed by atoms with Gasteiger partial charge in [-0.25, -0.2) is 0 Å². The average Bonchev–Trinajstić information content (AvgIpc) is 3.24. The summed E-state index contributed by atoms with van der Waals surface area (Å²) in [4.78, 5) is 2.85. The number of rotatable bonds is 4. The van der Waals surface area contributed by atoms with E-state index in [2.05, 4.69) is 42.7 Å². The average molecular weight is 297 g/mol. The van der Waals surface area contributed by atoms with E-state index in [1.54, 1.807) is 0 Å². The van der Waals surface area contributed by atoms with Crippen LogP contribution in [0.2, 0.25) is 0 Å². The zero-order chi connectivity index (χ0) is 14.2. The summed E-state index contributed by atoms with van der Waals surface area (Å²) in [6, 6.07) is 0.740. The molecule has 2 nitrogen and oxygen atoms in total. The van der Waals surface area contributed by atoms with Gasteiger partial charge in [0.05, 0.1) is 0 Å². The predicted octanol–water partition coefficient (Wildman–Crippen LogP) is 3.37. The topological polar surface area (TPSA) is 15.3 Å². The number of nitrogens with one attached hydrogen (secondary N) is 1. The SMILES string of the molecule is CC(C)C1CNC(C)(C2CC2)CN1CC1CCCCS1. The van der Waals surface area contributed by atoms with Crippen LogP contribution in [-0.4, -0.2) is 47.1 Å². The lowest BCUT2D eigenvalue weighted by atomic mass is 9.88.